The minimum absolute atomic E-state index is 0.0285. The quantitative estimate of drug-likeness (QED) is 0.754. The van der Waals surface area contributed by atoms with Crippen molar-refractivity contribution in [3.8, 4) is 0 Å². The number of carbonyl (C=O) groups excluding carboxylic acids is 2. The second kappa shape index (κ2) is 5.59. The minimum Gasteiger partial charge on any atom is -0.383 e. The first-order valence-corrected chi connectivity index (χ1v) is 6.85. The van der Waals surface area contributed by atoms with E-state index in [-0.39, 0.29) is 17.4 Å². The predicted molar refractivity (Wildman–Crippen MR) is 69.7 cm³/mol. The third kappa shape index (κ3) is 2.67. The van der Waals surface area contributed by atoms with Gasteiger partial charge in [0.05, 0.1) is 18.6 Å². The van der Waals surface area contributed by atoms with Crippen LogP contribution in [0.1, 0.15) is 32.1 Å². The van der Waals surface area contributed by atoms with Gasteiger partial charge in [0.15, 0.2) is 0 Å². The fraction of sp³-hybridized carbons (Fsp3) is 0.857. The van der Waals surface area contributed by atoms with E-state index in [1.807, 2.05) is 0 Å². The lowest BCUT2D eigenvalue weighted by Gasteiger charge is -2.36. The van der Waals surface area contributed by atoms with E-state index >= 15 is 0 Å². The van der Waals surface area contributed by atoms with Gasteiger partial charge in [-0.15, -0.1) is 0 Å². The predicted octanol–water partition coefficient (Wildman–Crippen LogP) is 0.913. The van der Waals surface area contributed by atoms with E-state index in [4.69, 9.17) is 9.47 Å². The summed E-state index contributed by atoms with van der Waals surface area (Å²) in [5, 5.41) is 3.16. The third-order valence-corrected chi connectivity index (χ3v) is 4.56. The molecular formula is C14H23NO4. The molecule has 0 radical (unpaired) electrons. The topological polar surface area (TPSA) is 64.6 Å². The highest BCUT2D eigenvalue weighted by Gasteiger charge is 2.55. The zero-order chi connectivity index (χ0) is 13.9. The molecule has 19 heavy (non-hydrogen) atoms. The molecule has 1 spiro atoms. The first kappa shape index (κ1) is 14.5. The Morgan fingerprint density at radius 3 is 2.32 bits per heavy atom. The van der Waals surface area contributed by atoms with Crippen molar-refractivity contribution < 1.29 is 19.1 Å². The summed E-state index contributed by atoms with van der Waals surface area (Å²) in [7, 11) is 3.22. The highest BCUT2D eigenvalue weighted by Crippen LogP contribution is 2.45. The molecule has 2 fully saturated rings. The van der Waals surface area contributed by atoms with Crippen LogP contribution in [0.5, 0.6) is 0 Å². The number of amides is 1. The Bertz CT molecular complexity index is 341. The molecule has 1 aliphatic carbocycles. The van der Waals surface area contributed by atoms with Crippen LogP contribution in [0.3, 0.4) is 0 Å². The van der Waals surface area contributed by atoms with Crippen LogP contribution in [0.2, 0.25) is 0 Å². The first-order valence-electron chi connectivity index (χ1n) is 6.85. The molecule has 5 heteroatoms. The van der Waals surface area contributed by atoms with Crippen LogP contribution in [-0.4, -0.2) is 45.2 Å². The lowest BCUT2D eigenvalue weighted by Crippen LogP contribution is -2.44. The number of hydrogen-bond donors (Lipinski definition) is 1. The maximum Gasteiger partial charge on any atom is 0.231 e. The van der Waals surface area contributed by atoms with E-state index < -0.39 is 5.41 Å². The van der Waals surface area contributed by atoms with Gasteiger partial charge >= 0.3 is 0 Å². The number of methoxy groups -OCH3 is 2. The fourth-order valence-electron chi connectivity index (χ4n) is 3.60. The van der Waals surface area contributed by atoms with Gasteiger partial charge in [0, 0.05) is 25.7 Å². The maximum absolute atomic E-state index is 12.4. The normalized spacial score (nSPS) is 33.4. The lowest BCUT2D eigenvalue weighted by molar-refractivity contribution is -0.133. The van der Waals surface area contributed by atoms with Crippen molar-refractivity contribution in [1.29, 1.82) is 0 Å². The molecule has 108 valence electrons. The Hall–Kier alpha value is -0.940. The molecule has 0 atom stereocenters. The average Bonchev–Trinajstić information content (AvgIpc) is 2.64. The minimum atomic E-state index is -0.572. The molecule has 5 nitrogen and oxygen atoms in total. The van der Waals surface area contributed by atoms with Gasteiger partial charge in [0.2, 0.25) is 5.91 Å². The number of ether oxygens (including phenoxy) is 2. The second-order valence-corrected chi connectivity index (χ2v) is 6.03. The Kier molecular flexibility index (Phi) is 4.26. The highest BCUT2D eigenvalue weighted by atomic mass is 16.5. The smallest absolute Gasteiger partial charge is 0.231 e. The lowest BCUT2D eigenvalue weighted by atomic mass is 9.72. The summed E-state index contributed by atoms with van der Waals surface area (Å²) in [5.41, 5.74) is -0.731. The van der Waals surface area contributed by atoms with E-state index in [0.29, 0.717) is 13.2 Å². The van der Waals surface area contributed by atoms with Gasteiger partial charge in [0.1, 0.15) is 6.29 Å². The molecule has 1 heterocycles. The fourth-order valence-corrected chi connectivity index (χ4v) is 3.60. The molecule has 1 amide bonds. The second-order valence-electron chi connectivity index (χ2n) is 6.03. The Morgan fingerprint density at radius 2 is 1.84 bits per heavy atom. The monoisotopic (exact) mass is 269 g/mol. The van der Waals surface area contributed by atoms with E-state index in [2.05, 4.69) is 5.32 Å². The molecule has 0 aromatic rings. The first-order chi connectivity index (χ1) is 9.10. The summed E-state index contributed by atoms with van der Waals surface area (Å²) in [4.78, 5) is 23.2. The van der Waals surface area contributed by atoms with E-state index in [0.717, 1.165) is 38.4 Å². The molecule has 2 rings (SSSR count). The SMILES string of the molecule is COCC1(COC)C[C@]2(CC[C@@H](C=O)CC2)NC1=O. The van der Waals surface area contributed by atoms with Crippen molar-refractivity contribution in [3.63, 3.8) is 0 Å². The van der Waals surface area contributed by atoms with Gasteiger partial charge in [-0.3, -0.25) is 4.79 Å². The van der Waals surface area contributed by atoms with Crippen LogP contribution in [0, 0.1) is 11.3 Å². The summed E-state index contributed by atoms with van der Waals surface area (Å²) >= 11 is 0. The van der Waals surface area contributed by atoms with E-state index in [1.165, 1.54) is 0 Å². The Labute approximate surface area is 114 Å². The molecule has 0 unspecified atom stereocenters. The largest absolute Gasteiger partial charge is 0.383 e. The van der Waals surface area contributed by atoms with Crippen LogP contribution >= 0.6 is 0 Å². The standard InChI is InChI=1S/C14H23NO4/c1-18-9-13(10-19-2)8-14(15-12(13)17)5-3-11(7-16)4-6-14/h7,11H,3-6,8-10H2,1-2H3,(H,15,17)/t11-,14-. The molecule has 1 saturated heterocycles. The van der Waals surface area contributed by atoms with E-state index in [1.54, 1.807) is 14.2 Å². The molecule has 1 saturated carbocycles. The number of nitrogens with one attached hydrogen (secondary N) is 1. The molecule has 0 bridgehead atoms. The number of hydrogen-bond acceptors (Lipinski definition) is 4. The molecule has 1 aliphatic heterocycles. The molecule has 0 aromatic carbocycles. The van der Waals surface area contributed by atoms with Crippen molar-refractivity contribution in [1.82, 2.24) is 5.32 Å². The Morgan fingerprint density at radius 1 is 1.26 bits per heavy atom. The molecular weight excluding hydrogens is 246 g/mol. The van der Waals surface area contributed by atoms with Gasteiger partial charge in [0.25, 0.3) is 0 Å². The molecule has 2 aliphatic rings. The average molecular weight is 269 g/mol. The van der Waals surface area contributed by atoms with Gasteiger partial charge in [-0.2, -0.15) is 0 Å². The van der Waals surface area contributed by atoms with Gasteiger partial charge < -0.3 is 19.6 Å². The van der Waals surface area contributed by atoms with Crippen LogP contribution in [0.25, 0.3) is 0 Å². The van der Waals surface area contributed by atoms with Crippen molar-refractivity contribution in [2.24, 2.45) is 11.3 Å². The van der Waals surface area contributed by atoms with Gasteiger partial charge in [-0.05, 0) is 32.1 Å². The zero-order valence-corrected chi connectivity index (χ0v) is 11.7. The molecule has 1 N–H and O–H groups in total. The summed E-state index contributed by atoms with van der Waals surface area (Å²) in [6.07, 6.45) is 5.25. The van der Waals surface area contributed by atoms with Gasteiger partial charge in [-0.1, -0.05) is 0 Å². The summed E-state index contributed by atoms with van der Waals surface area (Å²) in [6, 6.07) is 0. The Balaban J connectivity index is 2.11. The van der Waals surface area contributed by atoms with Crippen molar-refractivity contribution in [3.05, 3.63) is 0 Å². The van der Waals surface area contributed by atoms with E-state index in [9.17, 15) is 9.59 Å². The number of aldehydes is 1. The summed E-state index contributed by atoms with van der Waals surface area (Å²) < 4.78 is 10.5. The van der Waals surface area contributed by atoms with Crippen molar-refractivity contribution in [2.45, 2.75) is 37.6 Å². The van der Waals surface area contributed by atoms with Crippen molar-refractivity contribution in [2.75, 3.05) is 27.4 Å². The van der Waals surface area contributed by atoms with Crippen LogP contribution in [0.4, 0.5) is 0 Å². The van der Waals surface area contributed by atoms with Crippen molar-refractivity contribution >= 4 is 12.2 Å². The number of rotatable bonds is 5. The summed E-state index contributed by atoms with van der Waals surface area (Å²) in [6.45, 7) is 0.761. The highest BCUT2D eigenvalue weighted by molar-refractivity contribution is 5.86. The van der Waals surface area contributed by atoms with Crippen LogP contribution < -0.4 is 5.32 Å². The van der Waals surface area contributed by atoms with Crippen LogP contribution in [0.15, 0.2) is 0 Å². The number of carbonyl (C=O) groups is 2. The molecule has 0 aromatic heterocycles. The van der Waals surface area contributed by atoms with Crippen LogP contribution in [-0.2, 0) is 19.1 Å². The zero-order valence-electron chi connectivity index (χ0n) is 11.7. The maximum atomic E-state index is 12.4. The summed E-state index contributed by atoms with van der Waals surface area (Å²) in [5.74, 6) is 0.183. The van der Waals surface area contributed by atoms with Gasteiger partial charge in [-0.25, -0.2) is 0 Å². The third-order valence-electron chi connectivity index (χ3n) is 4.56.